The number of esters is 2. The summed E-state index contributed by atoms with van der Waals surface area (Å²) >= 11 is 2.92. The summed E-state index contributed by atoms with van der Waals surface area (Å²) < 4.78 is 23.4. The number of anilines is 1. The van der Waals surface area contributed by atoms with E-state index in [9.17, 15) is 14.0 Å². The SMILES string of the molecule is CC1(C)OC(=O)C(=CNc2ccnc(Br)c2F)C(=O)O1. The van der Waals surface area contributed by atoms with Crippen molar-refractivity contribution in [2.24, 2.45) is 0 Å². The number of hydrogen-bond acceptors (Lipinski definition) is 6. The second kappa shape index (κ2) is 5.20. The highest BCUT2D eigenvalue weighted by Gasteiger charge is 2.38. The lowest BCUT2D eigenvalue weighted by Crippen LogP contribution is -2.42. The molecule has 1 saturated heterocycles. The zero-order valence-electron chi connectivity index (χ0n) is 10.6. The quantitative estimate of drug-likeness (QED) is 0.383. The van der Waals surface area contributed by atoms with E-state index in [1.807, 2.05) is 0 Å². The minimum absolute atomic E-state index is 0.0100. The molecule has 2 rings (SSSR count). The van der Waals surface area contributed by atoms with Gasteiger partial charge in [-0.1, -0.05) is 0 Å². The van der Waals surface area contributed by atoms with E-state index in [4.69, 9.17) is 9.47 Å². The average Bonchev–Trinajstić information content (AvgIpc) is 2.31. The molecule has 0 aromatic carbocycles. The maximum absolute atomic E-state index is 13.6. The smallest absolute Gasteiger partial charge is 0.350 e. The normalized spacial score (nSPS) is 17.3. The number of ether oxygens (including phenoxy) is 2. The minimum Gasteiger partial charge on any atom is -0.419 e. The fourth-order valence-electron chi connectivity index (χ4n) is 1.46. The van der Waals surface area contributed by atoms with Crippen LogP contribution in [0.2, 0.25) is 0 Å². The van der Waals surface area contributed by atoms with Crippen LogP contribution in [0.4, 0.5) is 10.1 Å². The van der Waals surface area contributed by atoms with Gasteiger partial charge in [0.1, 0.15) is 4.60 Å². The number of aromatic nitrogens is 1. The first-order valence-electron chi connectivity index (χ1n) is 5.53. The van der Waals surface area contributed by atoms with E-state index in [1.165, 1.54) is 26.1 Å². The summed E-state index contributed by atoms with van der Waals surface area (Å²) in [6.07, 6.45) is 2.39. The Balaban J connectivity index is 2.22. The van der Waals surface area contributed by atoms with Crippen molar-refractivity contribution in [3.8, 4) is 0 Å². The Hall–Kier alpha value is -1.96. The summed E-state index contributed by atoms with van der Waals surface area (Å²) in [7, 11) is 0. The van der Waals surface area contributed by atoms with Gasteiger partial charge in [0.25, 0.3) is 5.79 Å². The number of halogens is 2. The fraction of sp³-hybridized carbons (Fsp3) is 0.250. The molecule has 0 atom stereocenters. The molecule has 1 fully saturated rings. The Morgan fingerprint density at radius 1 is 1.35 bits per heavy atom. The lowest BCUT2D eigenvalue weighted by atomic mass is 10.2. The van der Waals surface area contributed by atoms with Crippen molar-refractivity contribution in [3.05, 3.63) is 34.5 Å². The highest BCUT2D eigenvalue weighted by atomic mass is 79.9. The minimum atomic E-state index is -1.31. The van der Waals surface area contributed by atoms with Crippen molar-refractivity contribution >= 4 is 33.6 Å². The highest BCUT2D eigenvalue weighted by Crippen LogP contribution is 2.24. The van der Waals surface area contributed by atoms with Crippen LogP contribution in [0.1, 0.15) is 13.8 Å². The molecule has 6 nitrogen and oxygen atoms in total. The van der Waals surface area contributed by atoms with E-state index < -0.39 is 23.5 Å². The van der Waals surface area contributed by atoms with E-state index in [1.54, 1.807) is 0 Å². The highest BCUT2D eigenvalue weighted by molar-refractivity contribution is 9.10. The molecule has 0 bridgehead atoms. The lowest BCUT2D eigenvalue weighted by molar-refractivity contribution is -0.222. The van der Waals surface area contributed by atoms with Gasteiger partial charge in [-0.05, 0) is 22.0 Å². The monoisotopic (exact) mass is 344 g/mol. The Labute approximate surface area is 122 Å². The molecule has 20 heavy (non-hydrogen) atoms. The number of nitrogens with zero attached hydrogens (tertiary/aromatic N) is 1. The number of hydrogen-bond donors (Lipinski definition) is 1. The molecule has 0 aliphatic carbocycles. The van der Waals surface area contributed by atoms with Gasteiger partial charge in [0, 0.05) is 26.2 Å². The molecule has 0 unspecified atom stereocenters. The summed E-state index contributed by atoms with van der Waals surface area (Å²) in [6, 6.07) is 1.35. The Kier molecular flexibility index (Phi) is 3.76. The number of pyridine rings is 1. The molecular weight excluding hydrogens is 335 g/mol. The maximum Gasteiger partial charge on any atom is 0.350 e. The second-order valence-corrected chi connectivity index (χ2v) is 5.10. The molecule has 0 saturated carbocycles. The number of carbonyl (C=O) groups is 2. The molecule has 106 valence electrons. The third-order valence-electron chi connectivity index (χ3n) is 2.34. The van der Waals surface area contributed by atoms with Crippen LogP contribution in [0.15, 0.2) is 28.6 Å². The predicted molar refractivity (Wildman–Crippen MR) is 69.9 cm³/mol. The molecule has 1 aromatic heterocycles. The van der Waals surface area contributed by atoms with Crippen LogP contribution in [-0.2, 0) is 19.1 Å². The Bertz CT molecular complexity index is 593. The molecular formula is C12H10BrFN2O4. The third-order valence-corrected chi connectivity index (χ3v) is 2.89. The largest absolute Gasteiger partial charge is 0.419 e. The first-order chi connectivity index (χ1) is 9.30. The standard InChI is InChI=1S/C12H10BrFN2O4/c1-12(2)19-10(17)6(11(18)20-12)5-16-7-3-4-15-9(13)8(7)14/h3-5H,1-2H3,(H,15,16). The van der Waals surface area contributed by atoms with Gasteiger partial charge in [-0.25, -0.2) is 19.0 Å². The van der Waals surface area contributed by atoms with E-state index >= 15 is 0 Å². The summed E-state index contributed by atoms with van der Waals surface area (Å²) in [6.45, 7) is 2.87. The van der Waals surface area contributed by atoms with Crippen molar-refractivity contribution in [1.29, 1.82) is 0 Å². The zero-order chi connectivity index (χ0) is 14.9. The van der Waals surface area contributed by atoms with Crippen molar-refractivity contribution in [3.63, 3.8) is 0 Å². The number of rotatable bonds is 2. The number of nitrogens with one attached hydrogen (secondary N) is 1. The molecule has 8 heteroatoms. The van der Waals surface area contributed by atoms with E-state index in [-0.39, 0.29) is 15.9 Å². The maximum atomic E-state index is 13.6. The fourth-order valence-corrected chi connectivity index (χ4v) is 1.79. The average molecular weight is 345 g/mol. The summed E-state index contributed by atoms with van der Waals surface area (Å²) in [5.74, 6) is -3.64. The molecule has 1 aliphatic rings. The Morgan fingerprint density at radius 2 is 1.95 bits per heavy atom. The van der Waals surface area contributed by atoms with Gasteiger partial charge in [0.2, 0.25) is 0 Å². The second-order valence-electron chi connectivity index (χ2n) is 4.34. The zero-order valence-corrected chi connectivity index (χ0v) is 12.2. The van der Waals surface area contributed by atoms with Gasteiger partial charge in [-0.3, -0.25) is 0 Å². The van der Waals surface area contributed by atoms with Crippen LogP contribution in [0, 0.1) is 5.82 Å². The van der Waals surface area contributed by atoms with Crippen molar-refractivity contribution in [2.45, 2.75) is 19.6 Å². The first kappa shape index (κ1) is 14.4. The van der Waals surface area contributed by atoms with Crippen LogP contribution in [-0.4, -0.2) is 22.7 Å². The lowest BCUT2D eigenvalue weighted by Gasteiger charge is -2.29. The molecule has 1 aromatic rings. The molecule has 1 aliphatic heterocycles. The molecule has 0 radical (unpaired) electrons. The van der Waals surface area contributed by atoms with Gasteiger partial charge in [-0.15, -0.1) is 0 Å². The topological polar surface area (TPSA) is 77.5 Å². The van der Waals surface area contributed by atoms with Crippen LogP contribution in [0.3, 0.4) is 0 Å². The van der Waals surface area contributed by atoms with Crippen molar-refractivity contribution < 1.29 is 23.5 Å². The third kappa shape index (κ3) is 2.96. The molecule has 1 N–H and O–H groups in total. The molecule has 2 heterocycles. The van der Waals surface area contributed by atoms with Crippen LogP contribution in [0.25, 0.3) is 0 Å². The summed E-state index contributed by atoms with van der Waals surface area (Å²) in [5.41, 5.74) is -0.304. The van der Waals surface area contributed by atoms with Gasteiger partial charge < -0.3 is 14.8 Å². The van der Waals surface area contributed by atoms with Gasteiger partial charge in [0.15, 0.2) is 11.4 Å². The van der Waals surface area contributed by atoms with E-state index in [0.29, 0.717) is 0 Å². The van der Waals surface area contributed by atoms with Gasteiger partial charge in [-0.2, -0.15) is 0 Å². The van der Waals surface area contributed by atoms with E-state index in [0.717, 1.165) is 6.20 Å². The van der Waals surface area contributed by atoms with Crippen LogP contribution in [0.5, 0.6) is 0 Å². The summed E-state index contributed by atoms with van der Waals surface area (Å²) in [4.78, 5) is 27.0. The first-order valence-corrected chi connectivity index (χ1v) is 6.33. The predicted octanol–water partition coefficient (Wildman–Crippen LogP) is 2.12. The number of carbonyl (C=O) groups excluding carboxylic acids is 2. The van der Waals surface area contributed by atoms with Gasteiger partial charge >= 0.3 is 11.9 Å². The molecule has 0 spiro atoms. The van der Waals surface area contributed by atoms with Gasteiger partial charge in [0.05, 0.1) is 5.69 Å². The van der Waals surface area contributed by atoms with E-state index in [2.05, 4.69) is 26.2 Å². The van der Waals surface area contributed by atoms with Crippen molar-refractivity contribution in [1.82, 2.24) is 4.98 Å². The summed E-state index contributed by atoms with van der Waals surface area (Å²) in [5, 5.41) is 2.50. The molecule has 0 amide bonds. The number of cyclic esters (lactones) is 2. The Morgan fingerprint density at radius 3 is 2.55 bits per heavy atom. The van der Waals surface area contributed by atoms with Crippen molar-refractivity contribution in [2.75, 3.05) is 5.32 Å². The van der Waals surface area contributed by atoms with Crippen LogP contribution < -0.4 is 5.32 Å². The van der Waals surface area contributed by atoms with Crippen LogP contribution >= 0.6 is 15.9 Å².